The topological polar surface area (TPSA) is 52.0 Å². The summed E-state index contributed by atoms with van der Waals surface area (Å²) < 4.78 is 0. The highest BCUT2D eigenvalue weighted by Gasteiger charge is 2.06. The first-order chi connectivity index (χ1) is 5.57. The van der Waals surface area contributed by atoms with Crippen LogP contribution >= 0.6 is 0 Å². The number of aryl methyl sites for hydroxylation is 1. The number of hydrogen-bond acceptors (Lipinski definition) is 2. The molecule has 0 aliphatic carbocycles. The van der Waals surface area contributed by atoms with Gasteiger partial charge in [-0.1, -0.05) is 6.92 Å². The summed E-state index contributed by atoms with van der Waals surface area (Å²) in [6, 6.07) is 1.95. The van der Waals surface area contributed by atoms with E-state index in [9.17, 15) is 0 Å². The van der Waals surface area contributed by atoms with E-state index in [4.69, 9.17) is 11.5 Å². The highest BCUT2D eigenvalue weighted by Crippen LogP contribution is 2.26. The minimum Gasteiger partial charge on any atom is -0.398 e. The molecule has 1 aromatic carbocycles. The smallest absolute Gasteiger partial charge is 0.0377 e. The maximum absolute atomic E-state index is 5.87. The van der Waals surface area contributed by atoms with Crippen molar-refractivity contribution in [3.8, 4) is 0 Å². The summed E-state index contributed by atoms with van der Waals surface area (Å²) in [5.74, 6) is 0. The fraction of sp³-hybridized carbons (Fsp3) is 0.400. The van der Waals surface area contributed by atoms with Gasteiger partial charge in [0.2, 0.25) is 0 Å². The summed E-state index contributed by atoms with van der Waals surface area (Å²) in [5, 5.41) is 0. The van der Waals surface area contributed by atoms with Gasteiger partial charge in [0, 0.05) is 11.4 Å². The number of nitrogen functional groups attached to an aromatic ring is 2. The average Bonchev–Trinajstić information content (AvgIpc) is 2.01. The summed E-state index contributed by atoms with van der Waals surface area (Å²) in [6.45, 7) is 6.10. The molecule has 0 aliphatic heterocycles. The molecule has 0 atom stereocenters. The molecule has 1 rings (SSSR count). The first-order valence-electron chi connectivity index (χ1n) is 4.22. The zero-order chi connectivity index (χ0) is 9.30. The molecule has 0 bridgehead atoms. The van der Waals surface area contributed by atoms with Crippen LogP contribution in [0.1, 0.15) is 23.6 Å². The molecule has 66 valence electrons. The maximum atomic E-state index is 5.87. The number of rotatable bonds is 1. The van der Waals surface area contributed by atoms with Crippen molar-refractivity contribution in [3.63, 3.8) is 0 Å². The van der Waals surface area contributed by atoms with E-state index < -0.39 is 0 Å². The highest BCUT2D eigenvalue weighted by atomic mass is 14.6. The van der Waals surface area contributed by atoms with Gasteiger partial charge in [0.25, 0.3) is 0 Å². The van der Waals surface area contributed by atoms with Crippen LogP contribution in [0.4, 0.5) is 11.4 Å². The second-order valence-electron chi connectivity index (χ2n) is 3.15. The summed E-state index contributed by atoms with van der Waals surface area (Å²) >= 11 is 0. The summed E-state index contributed by atoms with van der Waals surface area (Å²) in [4.78, 5) is 0. The van der Waals surface area contributed by atoms with Crippen LogP contribution in [0.15, 0.2) is 6.07 Å². The number of hydrogen-bond donors (Lipinski definition) is 2. The fourth-order valence-electron chi connectivity index (χ4n) is 1.54. The van der Waals surface area contributed by atoms with Gasteiger partial charge in [0.1, 0.15) is 0 Å². The Bertz CT molecular complexity index is 303. The van der Waals surface area contributed by atoms with E-state index in [0.29, 0.717) is 0 Å². The normalized spacial score (nSPS) is 10.2. The average molecular weight is 164 g/mol. The first kappa shape index (κ1) is 8.91. The molecule has 0 unspecified atom stereocenters. The second-order valence-corrected chi connectivity index (χ2v) is 3.15. The van der Waals surface area contributed by atoms with Crippen LogP contribution < -0.4 is 11.5 Å². The zero-order valence-electron chi connectivity index (χ0n) is 7.94. The van der Waals surface area contributed by atoms with Crippen LogP contribution in [0.25, 0.3) is 0 Å². The van der Waals surface area contributed by atoms with Gasteiger partial charge in [-0.25, -0.2) is 0 Å². The minimum absolute atomic E-state index is 0.863. The van der Waals surface area contributed by atoms with E-state index in [1.54, 1.807) is 0 Å². The maximum Gasteiger partial charge on any atom is 0.0377 e. The molecular weight excluding hydrogens is 148 g/mol. The molecule has 0 aliphatic rings. The van der Waals surface area contributed by atoms with Crippen molar-refractivity contribution in [2.75, 3.05) is 11.5 Å². The largest absolute Gasteiger partial charge is 0.398 e. The molecule has 2 heteroatoms. The van der Waals surface area contributed by atoms with Crippen molar-refractivity contribution in [3.05, 3.63) is 22.8 Å². The number of anilines is 2. The van der Waals surface area contributed by atoms with E-state index >= 15 is 0 Å². The lowest BCUT2D eigenvalue weighted by Gasteiger charge is -2.12. The predicted molar refractivity (Wildman–Crippen MR) is 54.1 cm³/mol. The Kier molecular flexibility index (Phi) is 2.27. The van der Waals surface area contributed by atoms with E-state index in [1.165, 1.54) is 5.56 Å². The number of benzene rings is 1. The molecule has 0 heterocycles. The van der Waals surface area contributed by atoms with Gasteiger partial charge in [-0.2, -0.15) is 0 Å². The SMILES string of the molecule is CCc1c(N)cc(C)c(N)c1C. The van der Waals surface area contributed by atoms with Crippen LogP contribution in [-0.2, 0) is 6.42 Å². The molecule has 4 N–H and O–H groups in total. The molecule has 0 fully saturated rings. The Morgan fingerprint density at radius 3 is 2.33 bits per heavy atom. The van der Waals surface area contributed by atoms with Gasteiger partial charge in [-0.15, -0.1) is 0 Å². The summed E-state index contributed by atoms with van der Waals surface area (Å²) in [7, 11) is 0. The van der Waals surface area contributed by atoms with Crippen LogP contribution in [0.5, 0.6) is 0 Å². The van der Waals surface area contributed by atoms with Gasteiger partial charge in [-0.05, 0) is 43.0 Å². The molecule has 0 amide bonds. The molecule has 0 spiro atoms. The molecule has 0 saturated carbocycles. The van der Waals surface area contributed by atoms with Crippen molar-refractivity contribution in [2.45, 2.75) is 27.2 Å². The third-order valence-electron chi connectivity index (χ3n) is 2.36. The Hall–Kier alpha value is -1.18. The van der Waals surface area contributed by atoms with Gasteiger partial charge in [0.05, 0.1) is 0 Å². The van der Waals surface area contributed by atoms with Crippen molar-refractivity contribution < 1.29 is 0 Å². The molecule has 1 aromatic rings. The molecule has 0 radical (unpaired) electrons. The van der Waals surface area contributed by atoms with Crippen LogP contribution in [0.3, 0.4) is 0 Å². The Labute approximate surface area is 73.6 Å². The monoisotopic (exact) mass is 164 g/mol. The van der Waals surface area contributed by atoms with Gasteiger partial charge < -0.3 is 11.5 Å². The lowest BCUT2D eigenvalue weighted by molar-refractivity contribution is 1.11. The van der Waals surface area contributed by atoms with Crippen molar-refractivity contribution in [1.29, 1.82) is 0 Å². The van der Waals surface area contributed by atoms with E-state index in [0.717, 1.165) is 28.9 Å². The Morgan fingerprint density at radius 1 is 1.25 bits per heavy atom. The van der Waals surface area contributed by atoms with Crippen LogP contribution in [0, 0.1) is 13.8 Å². The highest BCUT2D eigenvalue weighted by molar-refractivity contribution is 5.65. The molecule has 0 aromatic heterocycles. The molecular formula is C10H16N2. The predicted octanol–water partition coefficient (Wildman–Crippen LogP) is 2.03. The van der Waals surface area contributed by atoms with E-state index in [-0.39, 0.29) is 0 Å². The third-order valence-corrected chi connectivity index (χ3v) is 2.36. The molecule has 12 heavy (non-hydrogen) atoms. The summed E-state index contributed by atoms with van der Waals surface area (Å²) in [6.07, 6.45) is 0.947. The van der Waals surface area contributed by atoms with Crippen LogP contribution in [-0.4, -0.2) is 0 Å². The van der Waals surface area contributed by atoms with Crippen molar-refractivity contribution in [2.24, 2.45) is 0 Å². The van der Waals surface area contributed by atoms with Gasteiger partial charge in [-0.3, -0.25) is 0 Å². The standard InChI is InChI=1S/C10H16N2/c1-4-8-7(3)10(12)6(2)5-9(8)11/h5H,4,11-12H2,1-3H3. The first-order valence-corrected chi connectivity index (χ1v) is 4.22. The fourth-order valence-corrected chi connectivity index (χ4v) is 1.54. The van der Waals surface area contributed by atoms with E-state index in [1.807, 2.05) is 19.9 Å². The van der Waals surface area contributed by atoms with Crippen molar-refractivity contribution in [1.82, 2.24) is 0 Å². The zero-order valence-corrected chi connectivity index (χ0v) is 7.94. The van der Waals surface area contributed by atoms with E-state index in [2.05, 4.69) is 6.92 Å². The Morgan fingerprint density at radius 2 is 1.83 bits per heavy atom. The quantitative estimate of drug-likeness (QED) is 0.624. The van der Waals surface area contributed by atoms with Gasteiger partial charge in [0.15, 0.2) is 0 Å². The van der Waals surface area contributed by atoms with Gasteiger partial charge >= 0.3 is 0 Å². The van der Waals surface area contributed by atoms with Crippen molar-refractivity contribution >= 4 is 11.4 Å². The Balaban J connectivity index is 3.40. The second kappa shape index (κ2) is 3.05. The molecule has 0 saturated heterocycles. The minimum atomic E-state index is 0.863. The lowest BCUT2D eigenvalue weighted by atomic mass is 9.99. The van der Waals surface area contributed by atoms with Crippen LogP contribution in [0.2, 0.25) is 0 Å². The molecule has 2 nitrogen and oxygen atoms in total. The summed E-state index contributed by atoms with van der Waals surface area (Å²) in [5.41, 5.74) is 16.8. The third kappa shape index (κ3) is 1.24. The lowest BCUT2D eigenvalue weighted by Crippen LogP contribution is -2.02. The number of nitrogens with two attached hydrogens (primary N) is 2.